The van der Waals surface area contributed by atoms with Crippen LogP contribution in [0.25, 0.3) is 0 Å². The third-order valence-corrected chi connectivity index (χ3v) is 4.79. The zero-order valence-electron chi connectivity index (χ0n) is 17.9. The number of amides is 2. The molecule has 3 aromatic rings. The van der Waals surface area contributed by atoms with E-state index in [4.69, 9.17) is 9.47 Å². The molecule has 3 aromatic carbocycles. The van der Waals surface area contributed by atoms with Gasteiger partial charge in [0.1, 0.15) is 11.5 Å². The summed E-state index contributed by atoms with van der Waals surface area (Å²) in [6.07, 6.45) is 0. The number of rotatable bonds is 8. The van der Waals surface area contributed by atoms with Crippen LogP contribution < -0.4 is 20.1 Å². The maximum atomic E-state index is 12.8. The van der Waals surface area contributed by atoms with Crippen molar-refractivity contribution >= 4 is 23.2 Å². The minimum absolute atomic E-state index is 0.221. The molecular formula is C25H26N2O4. The van der Waals surface area contributed by atoms with Crippen LogP contribution in [0, 0.1) is 13.8 Å². The van der Waals surface area contributed by atoms with Crippen LogP contribution in [0.4, 0.5) is 11.4 Å². The van der Waals surface area contributed by atoms with Crippen LogP contribution in [0.5, 0.6) is 11.5 Å². The summed E-state index contributed by atoms with van der Waals surface area (Å²) in [5, 5.41) is 5.68. The normalized spacial score (nSPS) is 10.3. The van der Waals surface area contributed by atoms with Crippen LogP contribution in [-0.2, 0) is 4.79 Å². The van der Waals surface area contributed by atoms with Crippen LogP contribution in [0.3, 0.4) is 0 Å². The van der Waals surface area contributed by atoms with Crippen molar-refractivity contribution < 1.29 is 19.1 Å². The van der Waals surface area contributed by atoms with Gasteiger partial charge in [0.15, 0.2) is 6.61 Å². The molecule has 3 rings (SSSR count). The maximum Gasteiger partial charge on any atom is 0.262 e. The monoisotopic (exact) mass is 418 g/mol. The standard InChI is InChI=1S/C25H26N2O4/c1-4-30-20-14-12-19(13-15-20)26-24(28)16-31-23-11-6-5-9-21(23)25(29)27-22-10-7-8-17(2)18(22)3/h5-15H,4,16H2,1-3H3,(H,26,28)(H,27,29). The lowest BCUT2D eigenvalue weighted by molar-refractivity contribution is -0.118. The van der Waals surface area contributed by atoms with E-state index in [1.165, 1.54) is 0 Å². The minimum Gasteiger partial charge on any atom is -0.494 e. The summed E-state index contributed by atoms with van der Waals surface area (Å²) < 4.78 is 11.0. The number of nitrogens with one attached hydrogen (secondary N) is 2. The van der Waals surface area contributed by atoms with E-state index in [9.17, 15) is 9.59 Å². The molecule has 0 unspecified atom stereocenters. The van der Waals surface area contributed by atoms with Crippen molar-refractivity contribution in [3.05, 3.63) is 83.4 Å². The largest absolute Gasteiger partial charge is 0.494 e. The minimum atomic E-state index is -0.325. The van der Waals surface area contributed by atoms with Crippen molar-refractivity contribution in [3.8, 4) is 11.5 Å². The molecule has 0 aliphatic heterocycles. The van der Waals surface area contributed by atoms with Gasteiger partial charge in [0.2, 0.25) is 0 Å². The highest BCUT2D eigenvalue weighted by molar-refractivity contribution is 6.06. The molecule has 0 aliphatic rings. The highest BCUT2D eigenvalue weighted by atomic mass is 16.5. The lowest BCUT2D eigenvalue weighted by Gasteiger charge is -2.14. The predicted molar refractivity (Wildman–Crippen MR) is 122 cm³/mol. The SMILES string of the molecule is CCOc1ccc(NC(=O)COc2ccccc2C(=O)Nc2cccc(C)c2C)cc1. The van der Waals surface area contributed by atoms with Gasteiger partial charge < -0.3 is 20.1 Å². The molecule has 0 aliphatic carbocycles. The van der Waals surface area contributed by atoms with E-state index >= 15 is 0 Å². The molecule has 0 saturated carbocycles. The average molecular weight is 418 g/mol. The summed E-state index contributed by atoms with van der Waals surface area (Å²) >= 11 is 0. The van der Waals surface area contributed by atoms with Gasteiger partial charge in [-0.25, -0.2) is 0 Å². The molecule has 160 valence electrons. The first-order valence-corrected chi connectivity index (χ1v) is 10.1. The van der Waals surface area contributed by atoms with Crippen molar-refractivity contribution in [2.24, 2.45) is 0 Å². The Morgan fingerprint density at radius 1 is 0.839 bits per heavy atom. The summed E-state index contributed by atoms with van der Waals surface area (Å²) in [6, 6.07) is 19.7. The Labute approximate surface area is 182 Å². The van der Waals surface area contributed by atoms with Gasteiger partial charge >= 0.3 is 0 Å². The molecule has 2 N–H and O–H groups in total. The van der Waals surface area contributed by atoms with Crippen LogP contribution in [0.15, 0.2) is 66.7 Å². The molecule has 0 saturated heterocycles. The molecule has 6 nitrogen and oxygen atoms in total. The summed E-state index contributed by atoms with van der Waals surface area (Å²) in [5.41, 5.74) is 3.83. The molecule has 0 fully saturated rings. The van der Waals surface area contributed by atoms with E-state index in [2.05, 4.69) is 10.6 Å². The number of anilines is 2. The molecular weight excluding hydrogens is 392 g/mol. The van der Waals surface area contributed by atoms with E-state index in [1.54, 1.807) is 48.5 Å². The van der Waals surface area contributed by atoms with Gasteiger partial charge in [-0.05, 0) is 74.4 Å². The Bertz CT molecular complexity index is 1060. The van der Waals surface area contributed by atoms with Crippen molar-refractivity contribution in [1.82, 2.24) is 0 Å². The van der Waals surface area contributed by atoms with Crippen LogP contribution in [-0.4, -0.2) is 25.0 Å². The molecule has 6 heteroatoms. The number of benzene rings is 3. The summed E-state index contributed by atoms with van der Waals surface area (Å²) in [6.45, 7) is 6.22. The fourth-order valence-corrected chi connectivity index (χ4v) is 3.00. The highest BCUT2D eigenvalue weighted by Crippen LogP contribution is 2.23. The average Bonchev–Trinajstić information content (AvgIpc) is 2.77. The number of carbonyl (C=O) groups is 2. The van der Waals surface area contributed by atoms with Gasteiger partial charge in [-0.3, -0.25) is 9.59 Å². The van der Waals surface area contributed by atoms with Gasteiger partial charge in [-0.15, -0.1) is 0 Å². The maximum absolute atomic E-state index is 12.8. The second-order valence-corrected chi connectivity index (χ2v) is 6.99. The smallest absolute Gasteiger partial charge is 0.262 e. The van der Waals surface area contributed by atoms with Crippen LogP contribution in [0.2, 0.25) is 0 Å². The fraction of sp³-hybridized carbons (Fsp3) is 0.200. The lowest BCUT2D eigenvalue weighted by Crippen LogP contribution is -2.21. The van der Waals surface area contributed by atoms with Crippen molar-refractivity contribution in [2.45, 2.75) is 20.8 Å². The fourth-order valence-electron chi connectivity index (χ4n) is 3.00. The van der Waals surface area contributed by atoms with Gasteiger partial charge in [-0.1, -0.05) is 24.3 Å². The topological polar surface area (TPSA) is 76.7 Å². The molecule has 0 bridgehead atoms. The molecule has 0 aromatic heterocycles. The predicted octanol–water partition coefficient (Wildman–Crippen LogP) is 4.97. The van der Waals surface area contributed by atoms with Gasteiger partial charge in [0.25, 0.3) is 11.8 Å². The van der Waals surface area contributed by atoms with Gasteiger partial charge in [0, 0.05) is 11.4 Å². The first-order chi connectivity index (χ1) is 15.0. The Morgan fingerprint density at radius 2 is 1.58 bits per heavy atom. The second-order valence-electron chi connectivity index (χ2n) is 6.99. The summed E-state index contributed by atoms with van der Waals surface area (Å²) in [5.74, 6) is 0.456. The third kappa shape index (κ3) is 5.85. The Hall–Kier alpha value is -3.80. The molecule has 0 heterocycles. The number of hydrogen-bond donors (Lipinski definition) is 2. The van der Waals surface area contributed by atoms with Crippen LogP contribution >= 0.6 is 0 Å². The molecule has 0 radical (unpaired) electrons. The summed E-state index contributed by atoms with van der Waals surface area (Å²) in [4.78, 5) is 25.1. The van der Waals surface area contributed by atoms with E-state index in [-0.39, 0.29) is 18.4 Å². The molecule has 31 heavy (non-hydrogen) atoms. The van der Waals surface area contributed by atoms with Crippen molar-refractivity contribution in [3.63, 3.8) is 0 Å². The first-order valence-electron chi connectivity index (χ1n) is 10.1. The van der Waals surface area contributed by atoms with Crippen LogP contribution in [0.1, 0.15) is 28.4 Å². The van der Waals surface area contributed by atoms with Gasteiger partial charge in [-0.2, -0.15) is 0 Å². The molecule has 2 amide bonds. The number of ether oxygens (including phenoxy) is 2. The van der Waals surface area contributed by atoms with Crippen molar-refractivity contribution in [2.75, 3.05) is 23.8 Å². The second kappa shape index (κ2) is 10.3. The highest BCUT2D eigenvalue weighted by Gasteiger charge is 2.15. The van der Waals surface area contributed by atoms with E-state index in [1.807, 2.05) is 39.0 Å². The zero-order valence-corrected chi connectivity index (χ0v) is 17.9. The zero-order chi connectivity index (χ0) is 22.2. The van der Waals surface area contributed by atoms with Gasteiger partial charge in [0.05, 0.1) is 12.2 Å². The number of aryl methyl sites for hydroxylation is 1. The third-order valence-electron chi connectivity index (χ3n) is 4.79. The Morgan fingerprint density at radius 3 is 2.32 bits per heavy atom. The quantitative estimate of drug-likeness (QED) is 0.541. The Kier molecular flexibility index (Phi) is 7.27. The molecule has 0 atom stereocenters. The number of carbonyl (C=O) groups excluding carboxylic acids is 2. The summed E-state index contributed by atoms with van der Waals surface area (Å²) in [7, 11) is 0. The Balaban J connectivity index is 1.63. The van der Waals surface area contributed by atoms with Crippen molar-refractivity contribution in [1.29, 1.82) is 0 Å². The van der Waals surface area contributed by atoms with E-state index in [0.717, 1.165) is 22.6 Å². The number of para-hydroxylation sites is 1. The molecule has 0 spiro atoms. The first kappa shape index (κ1) is 21.9. The van der Waals surface area contributed by atoms with E-state index in [0.29, 0.717) is 23.6 Å². The lowest BCUT2D eigenvalue weighted by atomic mass is 10.1. The number of hydrogen-bond acceptors (Lipinski definition) is 4. The van der Waals surface area contributed by atoms with E-state index < -0.39 is 0 Å².